The van der Waals surface area contributed by atoms with E-state index in [2.05, 4.69) is 13.0 Å². The van der Waals surface area contributed by atoms with E-state index in [4.69, 9.17) is 0 Å². The first-order valence-electron chi connectivity index (χ1n) is 6.83. The minimum Gasteiger partial charge on any atom is -0.229 e. The molecule has 0 spiro atoms. The number of hydrogen-bond donors (Lipinski definition) is 0. The minimum atomic E-state index is -2.80. The maximum absolute atomic E-state index is 12.1. The van der Waals surface area contributed by atoms with Crippen LogP contribution in [-0.2, 0) is 9.84 Å². The highest BCUT2D eigenvalue weighted by Gasteiger charge is 2.60. The monoisotopic (exact) mass is 254 g/mol. The summed E-state index contributed by atoms with van der Waals surface area (Å²) in [5, 5.41) is 0. The van der Waals surface area contributed by atoms with Crippen LogP contribution < -0.4 is 0 Å². The van der Waals surface area contributed by atoms with Gasteiger partial charge in [0.25, 0.3) is 0 Å². The summed E-state index contributed by atoms with van der Waals surface area (Å²) in [7, 11) is -2.80. The Morgan fingerprint density at radius 3 is 2.47 bits per heavy atom. The fourth-order valence-corrected chi connectivity index (χ4v) is 7.56. The van der Waals surface area contributed by atoms with Crippen LogP contribution in [0.2, 0.25) is 0 Å². The molecule has 2 aliphatic carbocycles. The molecule has 3 aliphatic rings. The Balaban J connectivity index is 2.10. The Kier molecular flexibility index (Phi) is 2.49. The molecule has 0 bridgehead atoms. The van der Waals surface area contributed by atoms with Crippen LogP contribution in [0.25, 0.3) is 0 Å². The maximum Gasteiger partial charge on any atom is 0.151 e. The van der Waals surface area contributed by atoms with Crippen molar-refractivity contribution >= 4 is 9.84 Å². The van der Waals surface area contributed by atoms with Crippen LogP contribution in [0.4, 0.5) is 0 Å². The van der Waals surface area contributed by atoms with Gasteiger partial charge in [0.2, 0.25) is 0 Å². The van der Waals surface area contributed by atoms with Gasteiger partial charge in [-0.1, -0.05) is 30.9 Å². The molecule has 2 nitrogen and oxygen atoms in total. The number of hydrogen-bond acceptors (Lipinski definition) is 2. The summed E-state index contributed by atoms with van der Waals surface area (Å²) < 4.78 is 24.3. The number of allylic oxidation sites excluding steroid dienone is 2. The lowest BCUT2D eigenvalue weighted by Crippen LogP contribution is -2.42. The molecule has 0 aromatic rings. The standard InChI is InChI=1S/C14H22O2S/c1-12-5-8-13-6-3-2-4-7-14(13,9-12)11-17(15,16)10-13/h5H,2-4,6-11H2,1H3/t13-,14-/m0/s1. The van der Waals surface area contributed by atoms with E-state index < -0.39 is 9.84 Å². The predicted octanol–water partition coefficient (Wildman–Crippen LogP) is 3.09. The van der Waals surface area contributed by atoms with Gasteiger partial charge in [-0.3, -0.25) is 0 Å². The molecular formula is C14H22O2S. The van der Waals surface area contributed by atoms with Crippen LogP contribution in [0.5, 0.6) is 0 Å². The lowest BCUT2D eigenvalue weighted by molar-refractivity contribution is 0.0741. The molecule has 1 saturated heterocycles. The molecule has 0 radical (unpaired) electrons. The Morgan fingerprint density at radius 1 is 1.06 bits per heavy atom. The summed E-state index contributed by atoms with van der Waals surface area (Å²) in [5.74, 6) is 0.926. The van der Waals surface area contributed by atoms with E-state index in [1.807, 2.05) is 0 Å². The SMILES string of the molecule is CC1=CC[C@]23CCCCC[C@]2(C1)CS(=O)(=O)C3. The lowest BCUT2D eigenvalue weighted by atomic mass is 9.56. The minimum absolute atomic E-state index is 0.0984. The van der Waals surface area contributed by atoms with Gasteiger partial charge in [-0.2, -0.15) is 0 Å². The van der Waals surface area contributed by atoms with E-state index in [0.717, 1.165) is 25.7 Å². The van der Waals surface area contributed by atoms with E-state index in [1.165, 1.54) is 24.8 Å². The van der Waals surface area contributed by atoms with Crippen LogP contribution >= 0.6 is 0 Å². The van der Waals surface area contributed by atoms with Gasteiger partial charge in [-0.25, -0.2) is 8.42 Å². The van der Waals surface area contributed by atoms with E-state index in [9.17, 15) is 8.42 Å². The summed E-state index contributed by atoms with van der Waals surface area (Å²) in [5.41, 5.74) is 1.61. The number of sulfone groups is 1. The summed E-state index contributed by atoms with van der Waals surface area (Å²) in [6, 6.07) is 0. The Labute approximate surface area is 104 Å². The molecular weight excluding hydrogens is 232 g/mol. The molecule has 0 unspecified atom stereocenters. The fourth-order valence-electron chi connectivity index (χ4n) is 4.66. The highest BCUT2D eigenvalue weighted by Crippen LogP contribution is 2.62. The molecule has 2 fully saturated rings. The summed E-state index contributed by atoms with van der Waals surface area (Å²) in [6.07, 6.45) is 10.4. The van der Waals surface area contributed by atoms with Crippen molar-refractivity contribution in [1.82, 2.24) is 0 Å². The zero-order valence-electron chi connectivity index (χ0n) is 10.7. The normalized spacial score (nSPS) is 44.4. The first-order chi connectivity index (χ1) is 7.97. The van der Waals surface area contributed by atoms with Crippen LogP contribution in [0.3, 0.4) is 0 Å². The first kappa shape index (κ1) is 11.8. The molecule has 96 valence electrons. The van der Waals surface area contributed by atoms with Crippen molar-refractivity contribution in [3.05, 3.63) is 11.6 Å². The van der Waals surface area contributed by atoms with E-state index >= 15 is 0 Å². The third-order valence-corrected chi connectivity index (χ3v) is 7.37. The molecule has 0 amide bonds. The van der Waals surface area contributed by atoms with Crippen molar-refractivity contribution in [3.63, 3.8) is 0 Å². The van der Waals surface area contributed by atoms with Gasteiger partial charge >= 0.3 is 0 Å². The average molecular weight is 254 g/mol. The third kappa shape index (κ3) is 1.69. The highest BCUT2D eigenvalue weighted by molar-refractivity contribution is 7.91. The van der Waals surface area contributed by atoms with Crippen LogP contribution in [0.1, 0.15) is 51.9 Å². The van der Waals surface area contributed by atoms with Crippen LogP contribution in [0, 0.1) is 10.8 Å². The van der Waals surface area contributed by atoms with E-state index in [1.54, 1.807) is 0 Å². The van der Waals surface area contributed by atoms with Crippen molar-refractivity contribution < 1.29 is 8.42 Å². The van der Waals surface area contributed by atoms with Gasteiger partial charge in [-0.05, 0) is 43.4 Å². The largest absolute Gasteiger partial charge is 0.229 e. The van der Waals surface area contributed by atoms with Crippen molar-refractivity contribution in [2.45, 2.75) is 51.9 Å². The van der Waals surface area contributed by atoms with Gasteiger partial charge in [-0.15, -0.1) is 0 Å². The fraction of sp³-hybridized carbons (Fsp3) is 0.857. The van der Waals surface area contributed by atoms with Gasteiger partial charge in [0.05, 0.1) is 11.5 Å². The molecule has 3 heteroatoms. The van der Waals surface area contributed by atoms with Gasteiger partial charge in [0, 0.05) is 0 Å². The van der Waals surface area contributed by atoms with Crippen molar-refractivity contribution in [1.29, 1.82) is 0 Å². The van der Waals surface area contributed by atoms with Gasteiger partial charge in [0.1, 0.15) is 0 Å². The lowest BCUT2D eigenvalue weighted by Gasteiger charge is -2.47. The summed E-state index contributed by atoms with van der Waals surface area (Å²) in [6.45, 7) is 2.18. The Bertz CT molecular complexity index is 463. The average Bonchev–Trinajstić information content (AvgIpc) is 2.34. The Hall–Kier alpha value is -0.310. The van der Waals surface area contributed by atoms with Crippen LogP contribution in [0.15, 0.2) is 11.6 Å². The third-order valence-electron chi connectivity index (χ3n) is 5.39. The van der Waals surface area contributed by atoms with E-state index in [0.29, 0.717) is 11.5 Å². The second-order valence-corrected chi connectivity index (χ2v) is 8.65. The molecule has 1 heterocycles. The smallest absolute Gasteiger partial charge is 0.151 e. The van der Waals surface area contributed by atoms with Crippen molar-refractivity contribution in [3.8, 4) is 0 Å². The van der Waals surface area contributed by atoms with Gasteiger partial charge in [0.15, 0.2) is 9.84 Å². The summed E-state index contributed by atoms with van der Waals surface area (Å²) >= 11 is 0. The Morgan fingerprint density at radius 2 is 1.71 bits per heavy atom. The molecule has 0 aromatic carbocycles. The zero-order chi connectivity index (χ0) is 12.1. The van der Waals surface area contributed by atoms with Crippen molar-refractivity contribution in [2.75, 3.05) is 11.5 Å². The molecule has 0 aromatic heterocycles. The predicted molar refractivity (Wildman–Crippen MR) is 69.6 cm³/mol. The number of rotatable bonds is 0. The van der Waals surface area contributed by atoms with E-state index in [-0.39, 0.29) is 10.8 Å². The van der Waals surface area contributed by atoms with Gasteiger partial charge < -0.3 is 0 Å². The molecule has 2 atom stereocenters. The van der Waals surface area contributed by atoms with Crippen LogP contribution in [-0.4, -0.2) is 19.9 Å². The second kappa shape index (κ2) is 3.59. The molecule has 17 heavy (non-hydrogen) atoms. The maximum atomic E-state index is 12.1. The van der Waals surface area contributed by atoms with Crippen molar-refractivity contribution in [2.24, 2.45) is 10.8 Å². The quantitative estimate of drug-likeness (QED) is 0.623. The zero-order valence-corrected chi connectivity index (χ0v) is 11.5. The second-order valence-electron chi connectivity index (χ2n) is 6.58. The summed E-state index contributed by atoms with van der Waals surface area (Å²) in [4.78, 5) is 0. The molecule has 1 saturated carbocycles. The first-order valence-corrected chi connectivity index (χ1v) is 8.65. The molecule has 0 N–H and O–H groups in total. The topological polar surface area (TPSA) is 34.1 Å². The highest BCUT2D eigenvalue weighted by atomic mass is 32.2. The molecule has 1 aliphatic heterocycles. The molecule has 3 rings (SSSR count).